The molecule has 0 aliphatic rings. The van der Waals surface area contributed by atoms with Gasteiger partial charge in [-0.2, -0.15) is 0 Å². The molecule has 6 heteroatoms. The first-order valence-electron chi connectivity index (χ1n) is 8.06. The molecule has 0 heterocycles. The molecule has 0 aliphatic heterocycles. The van der Waals surface area contributed by atoms with Crippen molar-refractivity contribution in [3.63, 3.8) is 0 Å². The van der Waals surface area contributed by atoms with Crippen LogP contribution < -0.4 is 4.74 Å². The zero-order chi connectivity index (χ0) is 19.2. The van der Waals surface area contributed by atoms with E-state index in [1.54, 1.807) is 54.6 Å². The van der Waals surface area contributed by atoms with Gasteiger partial charge < -0.3 is 9.47 Å². The molecule has 0 unspecified atom stereocenters. The first kappa shape index (κ1) is 19.7. The maximum absolute atomic E-state index is 12.2. The molecule has 2 aromatic rings. The number of carbonyl (C=O) groups excluding carboxylic acids is 3. The van der Waals surface area contributed by atoms with Gasteiger partial charge in [-0.1, -0.05) is 41.9 Å². The minimum Gasteiger partial charge on any atom is -0.476 e. The van der Waals surface area contributed by atoms with Gasteiger partial charge in [0.25, 0.3) is 0 Å². The van der Waals surface area contributed by atoms with E-state index in [-0.39, 0.29) is 18.6 Å². The lowest BCUT2D eigenvalue weighted by Gasteiger charge is -2.23. The summed E-state index contributed by atoms with van der Waals surface area (Å²) < 4.78 is 10.4. The maximum atomic E-state index is 12.2. The lowest BCUT2D eigenvalue weighted by atomic mass is 10.1. The smallest absolute Gasteiger partial charge is 0.357 e. The molecule has 136 valence electrons. The molecule has 0 spiro atoms. The highest BCUT2D eigenvalue weighted by Gasteiger charge is 2.33. The Morgan fingerprint density at radius 3 is 2.15 bits per heavy atom. The Hall–Kier alpha value is -2.66. The van der Waals surface area contributed by atoms with E-state index in [4.69, 9.17) is 21.1 Å². The van der Waals surface area contributed by atoms with Crippen LogP contribution in [0.5, 0.6) is 5.75 Å². The predicted octanol–water partition coefficient (Wildman–Crippen LogP) is 4.23. The molecule has 0 radical (unpaired) electrons. The Morgan fingerprint density at radius 2 is 1.54 bits per heavy atom. The third-order valence-corrected chi connectivity index (χ3v) is 3.79. The van der Waals surface area contributed by atoms with E-state index < -0.39 is 17.5 Å². The van der Waals surface area contributed by atoms with Gasteiger partial charge in [0, 0.05) is 17.0 Å². The van der Waals surface area contributed by atoms with Crippen LogP contribution in [0.2, 0.25) is 5.02 Å². The SMILES string of the molecule is CC(C)(Oc1ccc(Cl)cc1)C(=O)OC(=O)CCC(=O)c1ccccc1. The molecule has 0 bridgehead atoms. The highest BCUT2D eigenvalue weighted by molar-refractivity contribution is 6.30. The van der Waals surface area contributed by atoms with Crippen LogP contribution in [0.1, 0.15) is 37.0 Å². The zero-order valence-corrected chi connectivity index (χ0v) is 15.3. The van der Waals surface area contributed by atoms with Crippen LogP contribution in [0.4, 0.5) is 0 Å². The van der Waals surface area contributed by atoms with Crippen LogP contribution >= 0.6 is 11.6 Å². The van der Waals surface area contributed by atoms with Crippen molar-refractivity contribution in [3.8, 4) is 5.75 Å². The Morgan fingerprint density at radius 1 is 0.923 bits per heavy atom. The Kier molecular flexibility index (Phi) is 6.52. The van der Waals surface area contributed by atoms with Crippen molar-refractivity contribution in [1.29, 1.82) is 0 Å². The molecule has 0 amide bonds. The summed E-state index contributed by atoms with van der Waals surface area (Å²) in [6.07, 6.45) is -0.217. The van der Waals surface area contributed by atoms with E-state index in [1.807, 2.05) is 0 Å². The summed E-state index contributed by atoms with van der Waals surface area (Å²) in [7, 11) is 0. The van der Waals surface area contributed by atoms with E-state index in [0.717, 1.165) is 0 Å². The van der Waals surface area contributed by atoms with Crippen LogP contribution in [-0.4, -0.2) is 23.3 Å². The molecular formula is C20H19ClO5. The van der Waals surface area contributed by atoms with Crippen molar-refractivity contribution in [2.45, 2.75) is 32.3 Å². The van der Waals surface area contributed by atoms with E-state index in [9.17, 15) is 14.4 Å². The third kappa shape index (κ3) is 5.70. The molecule has 0 aliphatic carbocycles. The molecule has 2 rings (SSSR count). The quantitative estimate of drug-likeness (QED) is 0.412. The van der Waals surface area contributed by atoms with E-state index in [2.05, 4.69) is 0 Å². The van der Waals surface area contributed by atoms with Gasteiger partial charge in [0.2, 0.25) is 5.60 Å². The lowest BCUT2D eigenvalue weighted by molar-refractivity contribution is -0.169. The van der Waals surface area contributed by atoms with Crippen molar-refractivity contribution in [2.75, 3.05) is 0 Å². The van der Waals surface area contributed by atoms with Crippen molar-refractivity contribution in [1.82, 2.24) is 0 Å². The summed E-state index contributed by atoms with van der Waals surface area (Å²) in [5.74, 6) is -1.37. The first-order chi connectivity index (χ1) is 12.3. The minimum absolute atomic E-state index is 0.0331. The number of rotatable bonds is 7. The standard InChI is InChI=1S/C20H19ClO5/c1-20(2,26-16-10-8-15(21)9-11-16)19(24)25-18(23)13-12-17(22)14-6-4-3-5-7-14/h3-11H,12-13H2,1-2H3. The molecule has 0 N–H and O–H groups in total. The second-order valence-electron chi connectivity index (χ2n) is 6.12. The highest BCUT2D eigenvalue weighted by Crippen LogP contribution is 2.22. The highest BCUT2D eigenvalue weighted by atomic mass is 35.5. The van der Waals surface area contributed by atoms with Crippen LogP contribution in [0.15, 0.2) is 54.6 Å². The van der Waals surface area contributed by atoms with E-state index in [1.165, 1.54) is 13.8 Å². The fraction of sp³-hybridized carbons (Fsp3) is 0.250. The molecule has 0 fully saturated rings. The number of benzene rings is 2. The molecule has 0 atom stereocenters. The fourth-order valence-electron chi connectivity index (χ4n) is 2.10. The monoisotopic (exact) mass is 374 g/mol. The summed E-state index contributed by atoms with van der Waals surface area (Å²) >= 11 is 5.80. The van der Waals surface area contributed by atoms with Gasteiger partial charge >= 0.3 is 11.9 Å². The van der Waals surface area contributed by atoms with E-state index in [0.29, 0.717) is 16.3 Å². The van der Waals surface area contributed by atoms with Gasteiger partial charge in [-0.15, -0.1) is 0 Å². The molecule has 0 saturated heterocycles. The maximum Gasteiger partial charge on any atom is 0.357 e. The molecular weight excluding hydrogens is 356 g/mol. The molecule has 5 nitrogen and oxygen atoms in total. The van der Waals surface area contributed by atoms with Gasteiger partial charge in [0.05, 0.1) is 6.42 Å². The zero-order valence-electron chi connectivity index (χ0n) is 14.5. The third-order valence-electron chi connectivity index (χ3n) is 3.54. The van der Waals surface area contributed by atoms with Crippen molar-refractivity contribution in [2.24, 2.45) is 0 Å². The number of ketones is 1. The van der Waals surface area contributed by atoms with E-state index >= 15 is 0 Å². The molecule has 26 heavy (non-hydrogen) atoms. The Labute approximate surface area is 156 Å². The number of ether oxygens (including phenoxy) is 2. The van der Waals surface area contributed by atoms with Crippen molar-refractivity contribution < 1.29 is 23.9 Å². The summed E-state index contributed by atoms with van der Waals surface area (Å²) in [6, 6.07) is 15.1. The van der Waals surface area contributed by atoms with Gasteiger partial charge in [-0.3, -0.25) is 9.59 Å². The average Bonchev–Trinajstić information content (AvgIpc) is 2.62. The number of Topliss-reactive ketones (excluding diaryl/α,β-unsaturated/α-hetero) is 1. The second kappa shape index (κ2) is 8.63. The minimum atomic E-state index is -1.37. The molecule has 0 saturated carbocycles. The number of halogens is 1. The Balaban J connectivity index is 1.86. The molecule has 0 aromatic heterocycles. The normalized spacial score (nSPS) is 10.9. The van der Waals surface area contributed by atoms with Gasteiger partial charge in [0.15, 0.2) is 5.78 Å². The van der Waals surface area contributed by atoms with Gasteiger partial charge in [0.1, 0.15) is 5.75 Å². The molecule has 2 aromatic carbocycles. The number of esters is 2. The number of hydrogen-bond donors (Lipinski definition) is 0. The van der Waals surface area contributed by atoms with Crippen LogP contribution in [0.3, 0.4) is 0 Å². The summed E-state index contributed by atoms with van der Waals surface area (Å²) in [5.41, 5.74) is -0.856. The number of hydrogen-bond acceptors (Lipinski definition) is 5. The second-order valence-corrected chi connectivity index (χ2v) is 6.55. The predicted molar refractivity (Wildman–Crippen MR) is 97.3 cm³/mol. The lowest BCUT2D eigenvalue weighted by Crippen LogP contribution is -2.40. The summed E-state index contributed by atoms with van der Waals surface area (Å²) in [5, 5.41) is 0.538. The summed E-state index contributed by atoms with van der Waals surface area (Å²) in [4.78, 5) is 36.0. The Bertz CT molecular complexity index is 782. The number of carbonyl (C=O) groups is 3. The summed E-state index contributed by atoms with van der Waals surface area (Å²) in [6.45, 7) is 2.98. The van der Waals surface area contributed by atoms with Crippen molar-refractivity contribution >= 4 is 29.3 Å². The average molecular weight is 375 g/mol. The fourth-order valence-corrected chi connectivity index (χ4v) is 2.23. The topological polar surface area (TPSA) is 69.7 Å². The van der Waals surface area contributed by atoms with Crippen LogP contribution in [-0.2, 0) is 14.3 Å². The van der Waals surface area contributed by atoms with Crippen LogP contribution in [0, 0.1) is 0 Å². The first-order valence-corrected chi connectivity index (χ1v) is 8.43. The van der Waals surface area contributed by atoms with Gasteiger partial charge in [-0.25, -0.2) is 4.79 Å². The van der Waals surface area contributed by atoms with Crippen LogP contribution in [0.25, 0.3) is 0 Å². The van der Waals surface area contributed by atoms with Gasteiger partial charge in [-0.05, 0) is 38.1 Å². The van der Waals surface area contributed by atoms with Crippen molar-refractivity contribution in [3.05, 3.63) is 65.2 Å². The largest absolute Gasteiger partial charge is 0.476 e.